The molecule has 0 bridgehead atoms. The molecule has 0 amide bonds. The summed E-state index contributed by atoms with van der Waals surface area (Å²) in [5.74, 6) is 1.25. The molecule has 0 unspecified atom stereocenters. The van der Waals surface area contributed by atoms with Crippen molar-refractivity contribution in [3.8, 4) is 11.5 Å². The van der Waals surface area contributed by atoms with E-state index in [1.807, 2.05) is 19.1 Å². The molecule has 2 aromatic carbocycles. The average molecular weight is 303 g/mol. The van der Waals surface area contributed by atoms with Crippen molar-refractivity contribution in [2.45, 2.75) is 13.3 Å². The van der Waals surface area contributed by atoms with Crippen molar-refractivity contribution in [2.24, 2.45) is 0 Å². The first-order chi connectivity index (χ1) is 8.76. The van der Waals surface area contributed by atoms with Crippen LogP contribution in [0.3, 0.4) is 0 Å². The summed E-state index contributed by atoms with van der Waals surface area (Å²) in [6, 6.07) is 12.3. The molecule has 0 fully saturated rings. The van der Waals surface area contributed by atoms with Gasteiger partial charge in [-0.2, -0.15) is 0 Å². The van der Waals surface area contributed by atoms with Crippen LogP contribution in [-0.4, -0.2) is 10.2 Å². The number of nitrogens with zero attached hydrogens (tertiary/aromatic N) is 2. The van der Waals surface area contributed by atoms with E-state index in [2.05, 4.69) is 50.4 Å². The summed E-state index contributed by atoms with van der Waals surface area (Å²) in [4.78, 5) is 0. The Morgan fingerprint density at radius 1 is 1.06 bits per heavy atom. The fourth-order valence-electron chi connectivity index (χ4n) is 1.86. The summed E-state index contributed by atoms with van der Waals surface area (Å²) >= 11 is 3.47. The lowest BCUT2D eigenvalue weighted by atomic mass is 10.1. The Kier molecular flexibility index (Phi) is 2.88. The molecule has 1 heterocycles. The van der Waals surface area contributed by atoms with E-state index in [1.165, 1.54) is 5.39 Å². The van der Waals surface area contributed by atoms with Crippen molar-refractivity contribution >= 4 is 26.7 Å². The van der Waals surface area contributed by atoms with E-state index in [-0.39, 0.29) is 0 Å². The highest BCUT2D eigenvalue weighted by atomic mass is 79.9. The van der Waals surface area contributed by atoms with E-state index in [4.69, 9.17) is 4.42 Å². The van der Waals surface area contributed by atoms with Crippen LogP contribution in [0.5, 0.6) is 0 Å². The Bertz CT molecular complexity index is 706. The number of aromatic nitrogens is 2. The van der Waals surface area contributed by atoms with Gasteiger partial charge in [-0.15, -0.1) is 10.2 Å². The number of rotatable bonds is 2. The maximum atomic E-state index is 5.56. The molecular weight excluding hydrogens is 292 g/mol. The van der Waals surface area contributed by atoms with E-state index in [9.17, 15) is 0 Å². The fraction of sp³-hybridized carbons (Fsp3) is 0.143. The van der Waals surface area contributed by atoms with Gasteiger partial charge in [-0.05, 0) is 35.0 Å². The molecule has 0 atom stereocenters. The maximum Gasteiger partial charge on any atom is 0.247 e. The van der Waals surface area contributed by atoms with Gasteiger partial charge in [0.05, 0.1) is 0 Å². The highest BCUT2D eigenvalue weighted by Gasteiger charge is 2.07. The minimum absolute atomic E-state index is 0.580. The largest absolute Gasteiger partial charge is 0.421 e. The van der Waals surface area contributed by atoms with Crippen LogP contribution in [0.1, 0.15) is 12.8 Å². The lowest BCUT2D eigenvalue weighted by Crippen LogP contribution is -1.79. The topological polar surface area (TPSA) is 38.9 Å². The van der Waals surface area contributed by atoms with Gasteiger partial charge in [-0.25, -0.2) is 0 Å². The minimum atomic E-state index is 0.580. The molecule has 0 aliphatic carbocycles. The molecule has 90 valence electrons. The predicted molar refractivity (Wildman–Crippen MR) is 74.3 cm³/mol. The monoisotopic (exact) mass is 302 g/mol. The molecule has 3 nitrogen and oxygen atoms in total. The minimum Gasteiger partial charge on any atom is -0.421 e. The van der Waals surface area contributed by atoms with Crippen LogP contribution in [0.25, 0.3) is 22.2 Å². The van der Waals surface area contributed by atoms with E-state index in [1.54, 1.807) is 0 Å². The van der Waals surface area contributed by atoms with E-state index < -0.39 is 0 Å². The second-order valence-corrected chi connectivity index (χ2v) is 4.98. The first-order valence-corrected chi connectivity index (χ1v) is 6.57. The molecule has 3 rings (SSSR count). The molecule has 0 aliphatic heterocycles. The maximum absolute atomic E-state index is 5.56. The first kappa shape index (κ1) is 11.4. The lowest BCUT2D eigenvalue weighted by Gasteiger charge is -2.00. The summed E-state index contributed by atoms with van der Waals surface area (Å²) in [7, 11) is 0. The van der Waals surface area contributed by atoms with Crippen LogP contribution in [0.15, 0.2) is 45.3 Å². The third-order valence-electron chi connectivity index (χ3n) is 2.82. The van der Waals surface area contributed by atoms with Gasteiger partial charge in [-0.1, -0.05) is 35.0 Å². The summed E-state index contributed by atoms with van der Waals surface area (Å²) in [6.07, 6.45) is 0.757. The zero-order valence-corrected chi connectivity index (χ0v) is 11.4. The highest BCUT2D eigenvalue weighted by molar-refractivity contribution is 9.10. The van der Waals surface area contributed by atoms with Crippen molar-refractivity contribution < 1.29 is 4.42 Å². The zero-order chi connectivity index (χ0) is 12.5. The van der Waals surface area contributed by atoms with Gasteiger partial charge in [-0.3, -0.25) is 0 Å². The highest BCUT2D eigenvalue weighted by Crippen LogP contribution is 2.25. The first-order valence-electron chi connectivity index (χ1n) is 5.78. The van der Waals surface area contributed by atoms with E-state index in [0.29, 0.717) is 11.8 Å². The molecule has 0 N–H and O–H groups in total. The SMILES string of the molecule is CCc1nnc(-c2ccc3cc(Br)ccc3c2)o1. The van der Waals surface area contributed by atoms with Gasteiger partial charge in [0, 0.05) is 16.5 Å². The number of halogens is 1. The lowest BCUT2D eigenvalue weighted by molar-refractivity contribution is 0.513. The zero-order valence-electron chi connectivity index (χ0n) is 9.85. The third-order valence-corrected chi connectivity index (χ3v) is 3.31. The molecule has 3 aromatic rings. The smallest absolute Gasteiger partial charge is 0.247 e. The van der Waals surface area contributed by atoms with Crippen LogP contribution in [0, 0.1) is 0 Å². The molecule has 0 saturated heterocycles. The molecule has 0 aliphatic rings. The Labute approximate surface area is 113 Å². The van der Waals surface area contributed by atoms with Gasteiger partial charge in [0.1, 0.15) is 0 Å². The van der Waals surface area contributed by atoms with E-state index in [0.717, 1.165) is 21.8 Å². The summed E-state index contributed by atoms with van der Waals surface area (Å²) in [5.41, 5.74) is 0.956. The normalized spacial score (nSPS) is 11.0. The van der Waals surface area contributed by atoms with Crippen molar-refractivity contribution in [1.29, 1.82) is 0 Å². The number of hydrogen-bond acceptors (Lipinski definition) is 3. The molecule has 1 aromatic heterocycles. The predicted octanol–water partition coefficient (Wildman–Crippen LogP) is 4.21. The van der Waals surface area contributed by atoms with Crippen LogP contribution in [-0.2, 0) is 6.42 Å². The molecule has 4 heteroatoms. The van der Waals surface area contributed by atoms with Gasteiger partial charge in [0.2, 0.25) is 11.8 Å². The van der Waals surface area contributed by atoms with Crippen molar-refractivity contribution in [3.63, 3.8) is 0 Å². The summed E-state index contributed by atoms with van der Waals surface area (Å²) in [6.45, 7) is 2.00. The Hall–Kier alpha value is -1.68. The molecule has 0 saturated carbocycles. The van der Waals surface area contributed by atoms with Gasteiger partial charge in [0.25, 0.3) is 0 Å². The second-order valence-electron chi connectivity index (χ2n) is 4.06. The summed E-state index contributed by atoms with van der Waals surface area (Å²) < 4.78 is 6.64. The Morgan fingerprint density at radius 2 is 1.83 bits per heavy atom. The van der Waals surface area contributed by atoms with Gasteiger partial charge >= 0.3 is 0 Å². The molecule has 0 spiro atoms. The van der Waals surface area contributed by atoms with Crippen LogP contribution in [0.2, 0.25) is 0 Å². The molecule has 0 radical (unpaired) electrons. The van der Waals surface area contributed by atoms with E-state index >= 15 is 0 Å². The van der Waals surface area contributed by atoms with Gasteiger partial charge < -0.3 is 4.42 Å². The number of aryl methyl sites for hydroxylation is 1. The fourth-order valence-corrected chi connectivity index (χ4v) is 2.24. The molecular formula is C14H11BrN2O. The third kappa shape index (κ3) is 2.04. The Balaban J connectivity index is 2.10. The average Bonchev–Trinajstić information content (AvgIpc) is 2.87. The molecule has 18 heavy (non-hydrogen) atoms. The Morgan fingerprint density at radius 3 is 2.61 bits per heavy atom. The van der Waals surface area contributed by atoms with Crippen molar-refractivity contribution in [1.82, 2.24) is 10.2 Å². The number of fused-ring (bicyclic) bond motifs is 1. The standard InChI is InChI=1S/C14H11BrN2O/c1-2-13-16-17-14(18-13)11-4-3-10-8-12(15)6-5-9(10)7-11/h3-8H,2H2,1H3. The van der Waals surface area contributed by atoms with Crippen LogP contribution >= 0.6 is 15.9 Å². The van der Waals surface area contributed by atoms with Crippen molar-refractivity contribution in [3.05, 3.63) is 46.8 Å². The second kappa shape index (κ2) is 4.53. The quantitative estimate of drug-likeness (QED) is 0.711. The van der Waals surface area contributed by atoms with Crippen LogP contribution in [0.4, 0.5) is 0 Å². The van der Waals surface area contributed by atoms with Crippen molar-refractivity contribution in [2.75, 3.05) is 0 Å². The van der Waals surface area contributed by atoms with Crippen LogP contribution < -0.4 is 0 Å². The summed E-state index contributed by atoms with van der Waals surface area (Å²) in [5, 5.41) is 10.4. The number of benzene rings is 2. The van der Waals surface area contributed by atoms with Gasteiger partial charge in [0.15, 0.2) is 0 Å². The number of hydrogen-bond donors (Lipinski definition) is 0.